The quantitative estimate of drug-likeness (QED) is 0.468. The van der Waals surface area contributed by atoms with E-state index in [0.29, 0.717) is 6.54 Å². The molecule has 0 atom stereocenters. The van der Waals surface area contributed by atoms with Crippen LogP contribution in [0.5, 0.6) is 0 Å². The van der Waals surface area contributed by atoms with Gasteiger partial charge in [0.25, 0.3) is 0 Å². The molecule has 0 saturated carbocycles. The van der Waals surface area contributed by atoms with Gasteiger partial charge in [0.1, 0.15) is 0 Å². The van der Waals surface area contributed by atoms with Crippen molar-refractivity contribution in [1.29, 1.82) is 0 Å². The lowest BCUT2D eigenvalue weighted by atomic mass is 9.96. The summed E-state index contributed by atoms with van der Waals surface area (Å²) in [7, 11) is 2.11. The normalized spacial score (nSPS) is 17.2. The molecule has 4 nitrogen and oxygen atoms in total. The molecule has 1 fully saturated rings. The highest BCUT2D eigenvalue weighted by Crippen LogP contribution is 2.28. The lowest BCUT2D eigenvalue weighted by Gasteiger charge is -2.37. The van der Waals surface area contributed by atoms with E-state index in [0.717, 1.165) is 35.3 Å². The van der Waals surface area contributed by atoms with E-state index < -0.39 is 0 Å². The number of aromatic nitrogens is 1. The SMILES string of the molecule is CC1CN(Cc2ccc(C3=NCC(c4cc5ccccc5n4C)=N3)c3ccccc23)C1. The Labute approximate surface area is 182 Å². The Kier molecular flexibility index (Phi) is 4.29. The molecule has 0 unspecified atom stereocenters. The van der Waals surface area contributed by atoms with Crippen LogP contribution in [-0.2, 0) is 13.6 Å². The first-order valence-electron chi connectivity index (χ1n) is 11.1. The molecule has 2 aliphatic rings. The fourth-order valence-electron chi connectivity index (χ4n) is 5.09. The third-order valence-electron chi connectivity index (χ3n) is 6.66. The van der Waals surface area contributed by atoms with Crippen LogP contribution in [0.4, 0.5) is 0 Å². The van der Waals surface area contributed by atoms with Crippen LogP contribution in [0.3, 0.4) is 0 Å². The molecule has 2 aliphatic heterocycles. The molecule has 6 rings (SSSR count). The van der Waals surface area contributed by atoms with E-state index in [1.54, 1.807) is 0 Å². The van der Waals surface area contributed by atoms with Crippen LogP contribution in [0.25, 0.3) is 21.7 Å². The molecule has 1 aromatic heterocycles. The number of aryl methyl sites for hydroxylation is 1. The molecule has 31 heavy (non-hydrogen) atoms. The van der Waals surface area contributed by atoms with Gasteiger partial charge in [-0.25, -0.2) is 4.99 Å². The zero-order valence-corrected chi connectivity index (χ0v) is 18.0. The second kappa shape index (κ2) is 7.17. The molecule has 0 bridgehead atoms. The summed E-state index contributed by atoms with van der Waals surface area (Å²) in [6, 6.07) is 23.9. The maximum Gasteiger partial charge on any atom is 0.156 e. The first kappa shape index (κ1) is 18.5. The van der Waals surface area contributed by atoms with Crippen molar-refractivity contribution < 1.29 is 0 Å². The molecule has 0 N–H and O–H groups in total. The average molecular weight is 407 g/mol. The summed E-state index contributed by atoms with van der Waals surface area (Å²) in [5.41, 5.74) is 5.93. The van der Waals surface area contributed by atoms with Crippen molar-refractivity contribution in [2.75, 3.05) is 19.6 Å². The Morgan fingerprint density at radius 1 is 0.935 bits per heavy atom. The fourth-order valence-corrected chi connectivity index (χ4v) is 5.09. The van der Waals surface area contributed by atoms with Gasteiger partial charge in [0.15, 0.2) is 5.84 Å². The molecule has 3 heterocycles. The first-order valence-corrected chi connectivity index (χ1v) is 11.1. The average Bonchev–Trinajstić information content (AvgIpc) is 3.38. The van der Waals surface area contributed by atoms with Gasteiger partial charge >= 0.3 is 0 Å². The number of fused-ring (bicyclic) bond motifs is 2. The van der Waals surface area contributed by atoms with Gasteiger partial charge in [-0.3, -0.25) is 9.89 Å². The Balaban J connectivity index is 1.37. The lowest BCUT2D eigenvalue weighted by Crippen LogP contribution is -2.44. The molecule has 0 amide bonds. The van der Waals surface area contributed by atoms with E-state index in [2.05, 4.69) is 90.2 Å². The van der Waals surface area contributed by atoms with Gasteiger partial charge in [-0.1, -0.05) is 61.5 Å². The predicted octanol–water partition coefficient (Wildman–Crippen LogP) is 5.03. The molecule has 4 heteroatoms. The molecule has 1 saturated heterocycles. The number of nitrogens with zero attached hydrogens (tertiary/aromatic N) is 4. The second-order valence-electron chi connectivity index (χ2n) is 8.96. The summed E-state index contributed by atoms with van der Waals surface area (Å²) in [5.74, 6) is 1.67. The molecular formula is C27H26N4. The monoisotopic (exact) mass is 406 g/mol. The summed E-state index contributed by atoms with van der Waals surface area (Å²) in [4.78, 5) is 12.4. The van der Waals surface area contributed by atoms with Gasteiger partial charge in [-0.2, -0.15) is 0 Å². The van der Waals surface area contributed by atoms with Crippen molar-refractivity contribution in [3.05, 3.63) is 83.6 Å². The second-order valence-corrected chi connectivity index (χ2v) is 8.96. The van der Waals surface area contributed by atoms with Gasteiger partial charge in [0.05, 0.1) is 18.0 Å². The minimum absolute atomic E-state index is 0.626. The molecule has 3 aromatic carbocycles. The molecule has 4 aromatic rings. The zero-order valence-electron chi connectivity index (χ0n) is 18.0. The number of para-hydroxylation sites is 1. The third-order valence-corrected chi connectivity index (χ3v) is 6.66. The van der Waals surface area contributed by atoms with E-state index in [9.17, 15) is 0 Å². The van der Waals surface area contributed by atoms with Crippen LogP contribution in [0, 0.1) is 5.92 Å². The highest BCUT2D eigenvalue weighted by molar-refractivity contribution is 6.21. The van der Waals surface area contributed by atoms with E-state index in [1.165, 1.54) is 40.3 Å². The van der Waals surface area contributed by atoms with Crippen molar-refractivity contribution >= 4 is 33.2 Å². The van der Waals surface area contributed by atoms with Crippen molar-refractivity contribution in [2.24, 2.45) is 23.0 Å². The van der Waals surface area contributed by atoms with Crippen LogP contribution in [-0.4, -0.2) is 40.6 Å². The van der Waals surface area contributed by atoms with E-state index in [-0.39, 0.29) is 0 Å². The lowest BCUT2D eigenvalue weighted by molar-refractivity contribution is 0.105. The molecular weight excluding hydrogens is 380 g/mol. The Bertz CT molecular complexity index is 1370. The van der Waals surface area contributed by atoms with Crippen LogP contribution < -0.4 is 0 Å². The van der Waals surface area contributed by atoms with Crippen LogP contribution in [0.15, 0.2) is 76.7 Å². The summed E-state index contributed by atoms with van der Waals surface area (Å²) in [6.45, 7) is 6.35. The van der Waals surface area contributed by atoms with Gasteiger partial charge in [0.2, 0.25) is 0 Å². The summed E-state index contributed by atoms with van der Waals surface area (Å²) < 4.78 is 2.22. The van der Waals surface area contributed by atoms with Gasteiger partial charge < -0.3 is 4.57 Å². The molecule has 154 valence electrons. The molecule has 0 spiro atoms. The minimum atomic E-state index is 0.626. The van der Waals surface area contributed by atoms with Gasteiger partial charge in [-0.15, -0.1) is 0 Å². The van der Waals surface area contributed by atoms with Crippen molar-refractivity contribution in [3.63, 3.8) is 0 Å². The first-order chi connectivity index (χ1) is 15.2. The Hall–Kier alpha value is -3.24. The minimum Gasteiger partial charge on any atom is -0.343 e. The third kappa shape index (κ3) is 3.10. The topological polar surface area (TPSA) is 32.9 Å². The van der Waals surface area contributed by atoms with Gasteiger partial charge in [-0.05, 0) is 34.4 Å². The Morgan fingerprint density at radius 2 is 1.71 bits per heavy atom. The molecule has 0 aliphatic carbocycles. The number of hydrogen-bond donors (Lipinski definition) is 0. The highest BCUT2D eigenvalue weighted by atomic mass is 15.2. The maximum absolute atomic E-state index is 5.00. The Morgan fingerprint density at radius 3 is 2.52 bits per heavy atom. The number of likely N-dealkylation sites (tertiary alicyclic amines) is 1. The predicted molar refractivity (Wildman–Crippen MR) is 129 cm³/mol. The zero-order chi connectivity index (χ0) is 20.9. The smallest absolute Gasteiger partial charge is 0.156 e. The number of amidine groups is 1. The van der Waals surface area contributed by atoms with E-state index in [4.69, 9.17) is 9.98 Å². The van der Waals surface area contributed by atoms with E-state index in [1.807, 2.05) is 0 Å². The number of benzene rings is 3. The number of aliphatic imine (C=N–C) groups is 2. The summed E-state index contributed by atoms with van der Waals surface area (Å²) in [6.07, 6.45) is 0. The number of rotatable bonds is 4. The van der Waals surface area contributed by atoms with Crippen LogP contribution in [0.1, 0.15) is 23.7 Å². The largest absolute Gasteiger partial charge is 0.343 e. The summed E-state index contributed by atoms with van der Waals surface area (Å²) >= 11 is 0. The van der Waals surface area contributed by atoms with Crippen LogP contribution in [0.2, 0.25) is 0 Å². The molecule has 0 radical (unpaired) electrons. The van der Waals surface area contributed by atoms with Crippen LogP contribution >= 0.6 is 0 Å². The fraction of sp³-hybridized carbons (Fsp3) is 0.259. The standard InChI is InChI=1S/C27H26N4/c1-18-15-31(16-18)17-20-11-12-23(22-9-5-4-8-21(20)22)27-28-14-24(29-27)26-13-19-7-3-6-10-25(19)30(26)2/h3-13,18H,14-17H2,1-2H3. The maximum atomic E-state index is 5.00. The van der Waals surface area contributed by atoms with Crippen molar-refractivity contribution in [2.45, 2.75) is 13.5 Å². The van der Waals surface area contributed by atoms with Gasteiger partial charge in [0, 0.05) is 43.1 Å². The van der Waals surface area contributed by atoms with Crippen molar-refractivity contribution in [3.8, 4) is 0 Å². The van der Waals surface area contributed by atoms with E-state index >= 15 is 0 Å². The highest BCUT2D eigenvalue weighted by Gasteiger charge is 2.24. The number of hydrogen-bond acceptors (Lipinski definition) is 3. The summed E-state index contributed by atoms with van der Waals surface area (Å²) in [5, 5.41) is 3.80. The van der Waals surface area contributed by atoms with Crippen molar-refractivity contribution in [1.82, 2.24) is 9.47 Å².